The van der Waals surface area contributed by atoms with Gasteiger partial charge in [-0.1, -0.05) is 25.4 Å². The molecule has 106 valence electrons. The summed E-state index contributed by atoms with van der Waals surface area (Å²) in [5, 5.41) is 9.66. The molecule has 0 spiro atoms. The van der Waals surface area contributed by atoms with Crippen molar-refractivity contribution in [1.29, 1.82) is 0 Å². The van der Waals surface area contributed by atoms with Crippen LogP contribution >= 0.6 is 11.6 Å². The van der Waals surface area contributed by atoms with Crippen LogP contribution < -0.4 is 4.90 Å². The summed E-state index contributed by atoms with van der Waals surface area (Å²) in [4.78, 5) is 10.8. The van der Waals surface area contributed by atoms with Crippen molar-refractivity contribution in [2.45, 2.75) is 39.0 Å². The molecule has 1 saturated heterocycles. The van der Waals surface area contributed by atoms with E-state index in [-0.39, 0.29) is 6.61 Å². The van der Waals surface area contributed by atoms with Crippen LogP contribution in [0.2, 0.25) is 5.15 Å². The Bertz CT molecular complexity index is 423. The van der Waals surface area contributed by atoms with Gasteiger partial charge in [0.05, 0.1) is 0 Å². The molecule has 1 fully saturated rings. The molecule has 0 radical (unpaired) electrons. The van der Waals surface area contributed by atoms with Crippen LogP contribution in [0.15, 0.2) is 6.33 Å². The summed E-state index contributed by atoms with van der Waals surface area (Å²) in [7, 11) is 0. The first-order valence-corrected chi connectivity index (χ1v) is 7.37. The molecule has 1 N–H and O–H groups in total. The van der Waals surface area contributed by atoms with E-state index in [1.807, 2.05) is 0 Å². The molecule has 1 aliphatic heterocycles. The van der Waals surface area contributed by atoms with E-state index in [1.165, 1.54) is 6.42 Å². The van der Waals surface area contributed by atoms with Gasteiger partial charge in [-0.15, -0.1) is 0 Å². The summed E-state index contributed by atoms with van der Waals surface area (Å²) in [6, 6.07) is 0. The fraction of sp³-hybridized carbons (Fsp3) is 0.714. The van der Waals surface area contributed by atoms with Gasteiger partial charge in [-0.3, -0.25) is 0 Å². The van der Waals surface area contributed by atoms with Gasteiger partial charge in [-0.25, -0.2) is 9.97 Å². The van der Waals surface area contributed by atoms with Crippen LogP contribution in [0.25, 0.3) is 0 Å². The monoisotopic (exact) mass is 283 g/mol. The topological polar surface area (TPSA) is 49.2 Å². The zero-order chi connectivity index (χ0) is 13.8. The van der Waals surface area contributed by atoms with Gasteiger partial charge in [0.2, 0.25) is 0 Å². The highest BCUT2D eigenvalue weighted by Gasteiger charge is 2.24. The second-order valence-corrected chi connectivity index (χ2v) is 5.88. The number of hydrogen-bond donors (Lipinski definition) is 1. The standard InChI is InChI=1S/C14H22ClN3O/c1-10(2)12-13(15)16-9-17-14(12)18-6-3-4-11(8-18)5-7-19/h9-11,19H,3-8H2,1-2H3. The van der Waals surface area contributed by atoms with Crippen LogP contribution in [-0.4, -0.2) is 34.8 Å². The Hall–Kier alpha value is -0.870. The minimum absolute atomic E-state index is 0.264. The Morgan fingerprint density at radius 3 is 2.95 bits per heavy atom. The second-order valence-electron chi connectivity index (χ2n) is 5.52. The smallest absolute Gasteiger partial charge is 0.138 e. The van der Waals surface area contributed by atoms with E-state index >= 15 is 0 Å². The summed E-state index contributed by atoms with van der Waals surface area (Å²) < 4.78 is 0. The van der Waals surface area contributed by atoms with Gasteiger partial charge in [-0.05, 0) is 31.1 Å². The Labute approximate surface area is 119 Å². The molecule has 0 amide bonds. The molecule has 1 unspecified atom stereocenters. The SMILES string of the molecule is CC(C)c1c(Cl)ncnc1N1CCCC(CCO)C1. The molecular formula is C14H22ClN3O. The van der Waals surface area contributed by atoms with Gasteiger partial charge in [-0.2, -0.15) is 0 Å². The van der Waals surface area contributed by atoms with E-state index in [9.17, 15) is 0 Å². The number of aliphatic hydroxyl groups excluding tert-OH is 1. The molecule has 0 aliphatic carbocycles. The molecule has 4 nitrogen and oxygen atoms in total. The first kappa shape index (κ1) is 14.5. The van der Waals surface area contributed by atoms with Crippen molar-refractivity contribution >= 4 is 17.4 Å². The van der Waals surface area contributed by atoms with Gasteiger partial charge in [0.1, 0.15) is 17.3 Å². The molecule has 0 bridgehead atoms. The van der Waals surface area contributed by atoms with Crippen molar-refractivity contribution in [1.82, 2.24) is 9.97 Å². The Morgan fingerprint density at radius 2 is 2.26 bits per heavy atom. The second kappa shape index (κ2) is 6.53. The van der Waals surface area contributed by atoms with E-state index in [0.29, 0.717) is 17.0 Å². The van der Waals surface area contributed by atoms with E-state index in [0.717, 1.165) is 37.3 Å². The zero-order valence-electron chi connectivity index (χ0n) is 11.6. The Morgan fingerprint density at radius 1 is 1.47 bits per heavy atom. The predicted octanol–water partition coefficient (Wildman–Crippen LogP) is 2.85. The average Bonchev–Trinajstić information content (AvgIpc) is 2.38. The van der Waals surface area contributed by atoms with Crippen molar-refractivity contribution in [3.63, 3.8) is 0 Å². The molecule has 1 aliphatic rings. The third-order valence-corrected chi connectivity index (χ3v) is 4.05. The molecule has 1 aromatic heterocycles. The third kappa shape index (κ3) is 3.37. The van der Waals surface area contributed by atoms with Gasteiger partial charge in [0, 0.05) is 25.3 Å². The van der Waals surface area contributed by atoms with Crippen molar-refractivity contribution in [2.24, 2.45) is 5.92 Å². The van der Waals surface area contributed by atoms with Crippen LogP contribution in [-0.2, 0) is 0 Å². The lowest BCUT2D eigenvalue weighted by Gasteiger charge is -2.35. The van der Waals surface area contributed by atoms with Crippen molar-refractivity contribution in [3.05, 3.63) is 17.0 Å². The number of nitrogens with zero attached hydrogens (tertiary/aromatic N) is 3. The Balaban J connectivity index is 2.23. The summed E-state index contributed by atoms with van der Waals surface area (Å²) in [6.45, 7) is 6.45. The van der Waals surface area contributed by atoms with E-state index in [1.54, 1.807) is 6.33 Å². The van der Waals surface area contributed by atoms with Crippen molar-refractivity contribution in [2.75, 3.05) is 24.6 Å². The number of aromatic nitrogens is 2. The largest absolute Gasteiger partial charge is 0.396 e. The highest BCUT2D eigenvalue weighted by Crippen LogP contribution is 2.33. The minimum Gasteiger partial charge on any atom is -0.396 e. The highest BCUT2D eigenvalue weighted by molar-refractivity contribution is 6.30. The molecule has 0 saturated carbocycles. The minimum atomic E-state index is 0.264. The number of rotatable bonds is 4. The molecular weight excluding hydrogens is 262 g/mol. The molecule has 0 aromatic carbocycles. The Kier molecular flexibility index (Phi) is 4.99. The molecule has 1 atom stereocenters. The summed E-state index contributed by atoms with van der Waals surface area (Å²) in [6.07, 6.45) is 4.74. The summed E-state index contributed by atoms with van der Waals surface area (Å²) in [5.74, 6) is 1.83. The maximum atomic E-state index is 9.10. The van der Waals surface area contributed by atoms with Gasteiger partial charge in [0.25, 0.3) is 0 Å². The first-order chi connectivity index (χ1) is 9.13. The van der Waals surface area contributed by atoms with E-state index < -0.39 is 0 Å². The van der Waals surface area contributed by atoms with Crippen LogP contribution in [0.5, 0.6) is 0 Å². The zero-order valence-corrected chi connectivity index (χ0v) is 12.4. The molecule has 1 aromatic rings. The van der Waals surface area contributed by atoms with Gasteiger partial charge in [0.15, 0.2) is 0 Å². The number of hydrogen-bond acceptors (Lipinski definition) is 4. The molecule has 2 rings (SSSR count). The normalized spacial score (nSPS) is 20.1. The fourth-order valence-electron chi connectivity index (χ4n) is 2.79. The number of piperidine rings is 1. The summed E-state index contributed by atoms with van der Waals surface area (Å²) >= 11 is 6.22. The lowest BCUT2D eigenvalue weighted by Crippen LogP contribution is -2.37. The maximum absolute atomic E-state index is 9.10. The molecule has 5 heteroatoms. The van der Waals surface area contributed by atoms with E-state index in [4.69, 9.17) is 16.7 Å². The average molecular weight is 284 g/mol. The van der Waals surface area contributed by atoms with Crippen LogP contribution in [0.3, 0.4) is 0 Å². The molecule has 2 heterocycles. The van der Waals surface area contributed by atoms with Crippen LogP contribution in [0.1, 0.15) is 44.6 Å². The summed E-state index contributed by atoms with van der Waals surface area (Å²) in [5.41, 5.74) is 1.04. The lowest BCUT2D eigenvalue weighted by atomic mass is 9.94. The lowest BCUT2D eigenvalue weighted by molar-refractivity contribution is 0.244. The quantitative estimate of drug-likeness (QED) is 0.863. The van der Waals surface area contributed by atoms with E-state index in [2.05, 4.69) is 28.7 Å². The third-order valence-electron chi connectivity index (χ3n) is 3.75. The van der Waals surface area contributed by atoms with Crippen LogP contribution in [0.4, 0.5) is 5.82 Å². The van der Waals surface area contributed by atoms with Gasteiger partial charge < -0.3 is 10.0 Å². The predicted molar refractivity (Wildman–Crippen MR) is 77.8 cm³/mol. The number of aliphatic hydroxyl groups is 1. The van der Waals surface area contributed by atoms with Crippen molar-refractivity contribution in [3.8, 4) is 0 Å². The van der Waals surface area contributed by atoms with Crippen LogP contribution in [0, 0.1) is 5.92 Å². The van der Waals surface area contributed by atoms with Crippen molar-refractivity contribution < 1.29 is 5.11 Å². The highest BCUT2D eigenvalue weighted by atomic mass is 35.5. The number of anilines is 1. The number of halogens is 1. The van der Waals surface area contributed by atoms with Gasteiger partial charge >= 0.3 is 0 Å². The first-order valence-electron chi connectivity index (χ1n) is 6.99. The molecule has 19 heavy (non-hydrogen) atoms. The fourth-order valence-corrected chi connectivity index (χ4v) is 3.14. The maximum Gasteiger partial charge on any atom is 0.138 e.